The molecular formula is C13H18N2O2. The molecule has 1 fully saturated rings. The Labute approximate surface area is 101 Å². The van der Waals surface area contributed by atoms with E-state index in [1.165, 1.54) is 6.07 Å². The third kappa shape index (κ3) is 2.70. The van der Waals surface area contributed by atoms with Crippen molar-refractivity contribution < 1.29 is 9.90 Å². The van der Waals surface area contributed by atoms with Crippen LogP contribution in [0.5, 0.6) is 5.75 Å². The Morgan fingerprint density at radius 3 is 2.82 bits per heavy atom. The summed E-state index contributed by atoms with van der Waals surface area (Å²) < 4.78 is 0. The molecule has 4 nitrogen and oxygen atoms in total. The van der Waals surface area contributed by atoms with E-state index in [-0.39, 0.29) is 23.4 Å². The molecule has 92 valence electrons. The van der Waals surface area contributed by atoms with Crippen molar-refractivity contribution in [3.63, 3.8) is 0 Å². The van der Waals surface area contributed by atoms with Gasteiger partial charge in [-0.3, -0.25) is 4.79 Å². The largest absolute Gasteiger partial charge is 0.506 e. The van der Waals surface area contributed by atoms with Crippen molar-refractivity contribution >= 4 is 11.6 Å². The van der Waals surface area contributed by atoms with Gasteiger partial charge in [0.2, 0.25) is 0 Å². The van der Waals surface area contributed by atoms with Gasteiger partial charge >= 0.3 is 0 Å². The van der Waals surface area contributed by atoms with Gasteiger partial charge in [-0.2, -0.15) is 0 Å². The molecule has 17 heavy (non-hydrogen) atoms. The van der Waals surface area contributed by atoms with Crippen LogP contribution in [0.1, 0.15) is 36.5 Å². The van der Waals surface area contributed by atoms with Crippen LogP contribution in [0.3, 0.4) is 0 Å². The summed E-state index contributed by atoms with van der Waals surface area (Å²) >= 11 is 0. The Morgan fingerprint density at radius 1 is 1.47 bits per heavy atom. The third-order valence-corrected chi connectivity index (χ3v) is 3.32. The summed E-state index contributed by atoms with van der Waals surface area (Å²) in [5, 5.41) is 12.4. The van der Waals surface area contributed by atoms with Crippen molar-refractivity contribution in [3.05, 3.63) is 23.8 Å². The first-order valence-electron chi connectivity index (χ1n) is 5.95. The lowest BCUT2D eigenvalue weighted by atomic mass is 10.1. The zero-order valence-corrected chi connectivity index (χ0v) is 9.94. The van der Waals surface area contributed by atoms with Crippen molar-refractivity contribution in [1.82, 2.24) is 5.32 Å². The molecule has 1 aliphatic rings. The molecule has 2 unspecified atom stereocenters. The normalized spacial score (nSPS) is 23.6. The summed E-state index contributed by atoms with van der Waals surface area (Å²) in [5.74, 6) is 0.497. The minimum Gasteiger partial charge on any atom is -0.506 e. The molecule has 1 aliphatic carbocycles. The molecule has 4 heteroatoms. The Hall–Kier alpha value is -1.71. The number of rotatable bonds is 2. The highest BCUT2D eigenvalue weighted by molar-refractivity contribution is 5.95. The first kappa shape index (κ1) is 11.8. The fourth-order valence-corrected chi connectivity index (χ4v) is 2.29. The topological polar surface area (TPSA) is 75.4 Å². The summed E-state index contributed by atoms with van der Waals surface area (Å²) in [6, 6.07) is 4.84. The molecule has 1 amide bonds. The van der Waals surface area contributed by atoms with Crippen LogP contribution in [0.4, 0.5) is 5.69 Å². The van der Waals surface area contributed by atoms with Crippen molar-refractivity contribution in [2.75, 3.05) is 5.73 Å². The number of nitrogen functional groups attached to an aromatic ring is 1. The number of phenols is 1. The predicted molar refractivity (Wildman–Crippen MR) is 66.8 cm³/mol. The number of hydrogen-bond donors (Lipinski definition) is 3. The molecule has 1 aromatic carbocycles. The van der Waals surface area contributed by atoms with Gasteiger partial charge in [-0.05, 0) is 43.4 Å². The zero-order valence-electron chi connectivity index (χ0n) is 9.94. The lowest BCUT2D eigenvalue weighted by Crippen LogP contribution is -2.32. The highest BCUT2D eigenvalue weighted by Crippen LogP contribution is 2.25. The Kier molecular flexibility index (Phi) is 3.22. The molecule has 0 aromatic heterocycles. The Bertz CT molecular complexity index is 431. The SMILES string of the molecule is CC1CCC(NC(=O)c2ccc(N)c(O)c2)C1. The first-order chi connectivity index (χ1) is 8.06. The second-order valence-electron chi connectivity index (χ2n) is 4.86. The number of nitrogens with two attached hydrogens (primary N) is 1. The summed E-state index contributed by atoms with van der Waals surface area (Å²) in [6.07, 6.45) is 3.23. The highest BCUT2D eigenvalue weighted by atomic mass is 16.3. The third-order valence-electron chi connectivity index (χ3n) is 3.32. The van der Waals surface area contributed by atoms with E-state index in [2.05, 4.69) is 12.2 Å². The Balaban J connectivity index is 2.02. The number of hydrogen-bond acceptors (Lipinski definition) is 3. The maximum absolute atomic E-state index is 11.9. The summed E-state index contributed by atoms with van der Waals surface area (Å²) in [5.41, 5.74) is 6.23. The number of aromatic hydroxyl groups is 1. The van der Waals surface area contributed by atoms with E-state index in [1.54, 1.807) is 12.1 Å². The standard InChI is InChI=1S/C13H18N2O2/c1-8-2-4-10(6-8)15-13(17)9-3-5-11(14)12(16)7-9/h3,5,7-8,10,16H,2,4,6,14H2,1H3,(H,15,17). The maximum atomic E-state index is 11.9. The molecule has 2 rings (SSSR count). The first-order valence-corrected chi connectivity index (χ1v) is 5.95. The van der Waals surface area contributed by atoms with Gasteiger partial charge in [-0.25, -0.2) is 0 Å². The second kappa shape index (κ2) is 4.65. The Morgan fingerprint density at radius 2 is 2.24 bits per heavy atom. The van der Waals surface area contributed by atoms with E-state index in [1.807, 2.05) is 0 Å². The molecule has 4 N–H and O–H groups in total. The quantitative estimate of drug-likeness (QED) is 0.540. The second-order valence-corrected chi connectivity index (χ2v) is 4.86. The summed E-state index contributed by atoms with van der Waals surface area (Å²) in [4.78, 5) is 11.9. The molecule has 0 bridgehead atoms. The summed E-state index contributed by atoms with van der Waals surface area (Å²) in [6.45, 7) is 2.20. The molecule has 1 saturated carbocycles. The maximum Gasteiger partial charge on any atom is 0.251 e. The molecule has 0 radical (unpaired) electrons. The molecule has 0 spiro atoms. The van der Waals surface area contributed by atoms with E-state index >= 15 is 0 Å². The van der Waals surface area contributed by atoms with E-state index in [9.17, 15) is 9.90 Å². The average molecular weight is 234 g/mol. The van der Waals surface area contributed by atoms with Gasteiger partial charge < -0.3 is 16.2 Å². The van der Waals surface area contributed by atoms with Gasteiger partial charge in [0.1, 0.15) is 5.75 Å². The van der Waals surface area contributed by atoms with Crippen LogP contribution in [-0.4, -0.2) is 17.1 Å². The van der Waals surface area contributed by atoms with Crippen molar-refractivity contribution in [3.8, 4) is 5.75 Å². The zero-order chi connectivity index (χ0) is 12.4. The molecule has 1 aromatic rings. The number of benzene rings is 1. The van der Waals surface area contributed by atoms with Gasteiger partial charge in [0.15, 0.2) is 0 Å². The van der Waals surface area contributed by atoms with Gasteiger partial charge in [-0.15, -0.1) is 0 Å². The monoisotopic (exact) mass is 234 g/mol. The molecule has 0 aliphatic heterocycles. The van der Waals surface area contributed by atoms with Gasteiger partial charge in [0.25, 0.3) is 5.91 Å². The van der Waals surface area contributed by atoms with Crippen molar-refractivity contribution in [2.24, 2.45) is 5.92 Å². The van der Waals surface area contributed by atoms with Gasteiger partial charge in [-0.1, -0.05) is 6.92 Å². The van der Waals surface area contributed by atoms with Crippen LogP contribution in [0.15, 0.2) is 18.2 Å². The lowest BCUT2D eigenvalue weighted by molar-refractivity contribution is 0.0937. The van der Waals surface area contributed by atoms with E-state index in [0.717, 1.165) is 19.3 Å². The number of nitrogens with one attached hydrogen (secondary N) is 1. The van der Waals surface area contributed by atoms with Crippen LogP contribution in [0.2, 0.25) is 0 Å². The summed E-state index contributed by atoms with van der Waals surface area (Å²) in [7, 11) is 0. The molecular weight excluding hydrogens is 216 g/mol. The van der Waals surface area contributed by atoms with Crippen LogP contribution >= 0.6 is 0 Å². The molecule has 0 saturated heterocycles. The fourth-order valence-electron chi connectivity index (χ4n) is 2.29. The number of phenolic OH excluding ortho intramolecular Hbond substituents is 1. The minimum absolute atomic E-state index is 0.0440. The lowest BCUT2D eigenvalue weighted by Gasteiger charge is -2.12. The van der Waals surface area contributed by atoms with Gasteiger partial charge in [0.05, 0.1) is 5.69 Å². The highest BCUT2D eigenvalue weighted by Gasteiger charge is 2.23. The molecule has 0 heterocycles. The van der Waals surface area contributed by atoms with Crippen LogP contribution in [-0.2, 0) is 0 Å². The van der Waals surface area contributed by atoms with E-state index in [4.69, 9.17) is 5.73 Å². The predicted octanol–water partition coefficient (Wildman–Crippen LogP) is 1.89. The van der Waals surface area contributed by atoms with Crippen molar-refractivity contribution in [1.29, 1.82) is 0 Å². The minimum atomic E-state index is -0.139. The van der Waals surface area contributed by atoms with Crippen LogP contribution in [0, 0.1) is 5.92 Å². The van der Waals surface area contributed by atoms with E-state index < -0.39 is 0 Å². The fraction of sp³-hybridized carbons (Fsp3) is 0.462. The average Bonchev–Trinajstić information content (AvgIpc) is 2.68. The number of carbonyl (C=O) groups is 1. The van der Waals surface area contributed by atoms with Crippen LogP contribution < -0.4 is 11.1 Å². The number of amides is 1. The van der Waals surface area contributed by atoms with E-state index in [0.29, 0.717) is 11.5 Å². The number of carbonyl (C=O) groups excluding carboxylic acids is 1. The molecule has 2 atom stereocenters. The number of anilines is 1. The smallest absolute Gasteiger partial charge is 0.251 e. The van der Waals surface area contributed by atoms with Crippen molar-refractivity contribution in [2.45, 2.75) is 32.2 Å². The van der Waals surface area contributed by atoms with Gasteiger partial charge in [0, 0.05) is 11.6 Å². The van der Waals surface area contributed by atoms with Crippen LogP contribution in [0.25, 0.3) is 0 Å².